The summed E-state index contributed by atoms with van der Waals surface area (Å²) in [6, 6.07) is 10.6. The third-order valence-corrected chi connectivity index (χ3v) is 4.15. The lowest BCUT2D eigenvalue weighted by Crippen LogP contribution is -2.26. The van der Waals surface area contributed by atoms with Crippen LogP contribution in [0, 0.1) is 11.3 Å². The molecule has 2 aromatic rings. The molecule has 104 valence electrons. The van der Waals surface area contributed by atoms with Crippen molar-refractivity contribution >= 4 is 34.8 Å². The molecule has 1 heterocycles. The predicted molar refractivity (Wildman–Crippen MR) is 79.7 cm³/mol. The molecule has 0 radical (unpaired) electrons. The number of carbonyl (C=O) groups excluding carboxylic acids is 1. The highest BCUT2D eigenvalue weighted by atomic mass is 35.5. The number of fused-ring (bicyclic) bond motifs is 1. The molecule has 2 aromatic carbocycles. The first kappa shape index (κ1) is 13.7. The number of aromatic hydroxyl groups is 1. The molecule has 3 rings (SSSR count). The Balaban J connectivity index is 2.20. The van der Waals surface area contributed by atoms with Gasteiger partial charge in [-0.1, -0.05) is 35.3 Å². The van der Waals surface area contributed by atoms with Gasteiger partial charge >= 0.3 is 0 Å². The van der Waals surface area contributed by atoms with Crippen molar-refractivity contribution in [3.63, 3.8) is 0 Å². The summed E-state index contributed by atoms with van der Waals surface area (Å²) in [4.78, 5) is 13.9. The number of anilines is 1. The Labute approximate surface area is 130 Å². The van der Waals surface area contributed by atoms with E-state index in [1.54, 1.807) is 24.3 Å². The van der Waals surface area contributed by atoms with Crippen LogP contribution in [0.3, 0.4) is 0 Å². The van der Waals surface area contributed by atoms with Crippen molar-refractivity contribution in [2.24, 2.45) is 0 Å². The minimum atomic E-state index is -0.802. The van der Waals surface area contributed by atoms with Gasteiger partial charge < -0.3 is 5.11 Å². The van der Waals surface area contributed by atoms with E-state index in [2.05, 4.69) is 6.07 Å². The maximum absolute atomic E-state index is 12.6. The van der Waals surface area contributed by atoms with Crippen molar-refractivity contribution in [3.8, 4) is 11.8 Å². The number of phenols is 1. The van der Waals surface area contributed by atoms with Crippen LogP contribution < -0.4 is 4.90 Å². The molecule has 1 aliphatic rings. The van der Waals surface area contributed by atoms with Gasteiger partial charge in [0.2, 0.25) is 0 Å². The first-order valence-electron chi connectivity index (χ1n) is 6.04. The van der Waals surface area contributed by atoms with Crippen LogP contribution in [0.1, 0.15) is 22.0 Å². The smallest absolute Gasteiger partial charge is 0.261 e. The van der Waals surface area contributed by atoms with E-state index in [-0.39, 0.29) is 21.4 Å². The Morgan fingerprint density at radius 3 is 2.67 bits per heavy atom. The zero-order chi connectivity index (χ0) is 15.1. The van der Waals surface area contributed by atoms with Crippen molar-refractivity contribution in [2.75, 3.05) is 4.90 Å². The molecule has 4 nitrogen and oxygen atoms in total. The third-order valence-electron chi connectivity index (χ3n) is 3.34. The van der Waals surface area contributed by atoms with Crippen molar-refractivity contribution < 1.29 is 9.90 Å². The van der Waals surface area contributed by atoms with Crippen LogP contribution >= 0.6 is 23.2 Å². The van der Waals surface area contributed by atoms with Gasteiger partial charge in [-0.05, 0) is 18.2 Å². The van der Waals surface area contributed by atoms with Crippen molar-refractivity contribution in [1.82, 2.24) is 0 Å². The fraction of sp³-hybridized carbons (Fsp3) is 0.0667. The summed E-state index contributed by atoms with van der Waals surface area (Å²) >= 11 is 12.0. The largest absolute Gasteiger partial charge is 0.508 e. The quantitative estimate of drug-likeness (QED) is 0.866. The molecule has 0 spiro atoms. The lowest BCUT2D eigenvalue weighted by atomic mass is 10.1. The number of phenolic OH excluding ortho intramolecular Hbond substituents is 1. The molecule has 1 N–H and O–H groups in total. The number of hydrogen-bond acceptors (Lipinski definition) is 3. The van der Waals surface area contributed by atoms with Gasteiger partial charge in [0.15, 0.2) is 6.04 Å². The van der Waals surface area contributed by atoms with Gasteiger partial charge in [0.05, 0.1) is 21.7 Å². The van der Waals surface area contributed by atoms with Crippen LogP contribution in [-0.2, 0) is 0 Å². The van der Waals surface area contributed by atoms with E-state index >= 15 is 0 Å². The summed E-state index contributed by atoms with van der Waals surface area (Å²) in [5, 5.41) is 19.4. The molecule has 6 heteroatoms. The minimum Gasteiger partial charge on any atom is -0.508 e. The molecule has 0 saturated heterocycles. The molecule has 0 aromatic heterocycles. The maximum atomic E-state index is 12.6. The molecule has 1 atom stereocenters. The molecular formula is C15H8Cl2N2O2. The van der Waals surface area contributed by atoms with Gasteiger partial charge in [-0.3, -0.25) is 9.69 Å². The first-order chi connectivity index (χ1) is 10.0. The summed E-state index contributed by atoms with van der Waals surface area (Å²) in [7, 11) is 0. The zero-order valence-corrected chi connectivity index (χ0v) is 12.1. The maximum Gasteiger partial charge on any atom is 0.261 e. The van der Waals surface area contributed by atoms with Crippen molar-refractivity contribution in [1.29, 1.82) is 5.26 Å². The highest BCUT2D eigenvalue weighted by molar-refractivity contribution is 6.44. The second-order valence-corrected chi connectivity index (χ2v) is 5.34. The second-order valence-electron chi connectivity index (χ2n) is 4.55. The van der Waals surface area contributed by atoms with E-state index in [1.807, 2.05) is 0 Å². The minimum absolute atomic E-state index is 0.0112. The lowest BCUT2D eigenvalue weighted by Gasteiger charge is -2.20. The number of amides is 1. The summed E-state index contributed by atoms with van der Waals surface area (Å²) < 4.78 is 0. The van der Waals surface area contributed by atoms with Crippen LogP contribution in [0.15, 0.2) is 36.4 Å². The average molecular weight is 319 g/mol. The normalized spacial score (nSPS) is 16.7. The molecule has 1 amide bonds. The van der Waals surface area contributed by atoms with Crippen LogP contribution in [0.2, 0.25) is 10.0 Å². The number of nitrogens with zero attached hydrogens (tertiary/aromatic N) is 2. The predicted octanol–water partition coefficient (Wildman–Crippen LogP) is 3.92. The standard InChI is InChI=1S/C15H8Cl2N2O2/c16-11-5-4-10-12(7-18)19(15(21)13(10)14(11)17)8-2-1-3-9(20)6-8/h1-6,12,20H. The molecule has 0 fully saturated rings. The van der Waals surface area contributed by atoms with Gasteiger partial charge in [-0.25, -0.2) is 0 Å². The Kier molecular flexibility index (Phi) is 3.25. The number of carbonyl (C=O) groups is 1. The number of nitriles is 1. The fourth-order valence-electron chi connectivity index (χ4n) is 2.42. The summed E-state index contributed by atoms with van der Waals surface area (Å²) in [6.07, 6.45) is 0. The summed E-state index contributed by atoms with van der Waals surface area (Å²) in [5.74, 6) is -0.397. The summed E-state index contributed by atoms with van der Waals surface area (Å²) in [6.45, 7) is 0. The second kappa shape index (κ2) is 4.96. The fourth-order valence-corrected chi connectivity index (χ4v) is 2.83. The third kappa shape index (κ3) is 2.02. The van der Waals surface area contributed by atoms with E-state index in [9.17, 15) is 15.2 Å². The van der Waals surface area contributed by atoms with Gasteiger partial charge in [-0.15, -0.1) is 0 Å². The highest BCUT2D eigenvalue weighted by Gasteiger charge is 2.40. The Bertz CT molecular complexity index is 799. The van der Waals surface area contributed by atoms with Gasteiger partial charge in [0, 0.05) is 17.3 Å². The zero-order valence-electron chi connectivity index (χ0n) is 10.5. The number of hydrogen-bond donors (Lipinski definition) is 1. The molecular weight excluding hydrogens is 311 g/mol. The molecule has 1 unspecified atom stereocenters. The van der Waals surface area contributed by atoms with E-state index in [1.165, 1.54) is 17.0 Å². The molecule has 0 aliphatic carbocycles. The molecule has 0 bridgehead atoms. The van der Waals surface area contributed by atoms with Crippen LogP contribution in [0.5, 0.6) is 5.75 Å². The van der Waals surface area contributed by atoms with E-state index in [0.717, 1.165) is 0 Å². The van der Waals surface area contributed by atoms with Crippen LogP contribution in [-0.4, -0.2) is 11.0 Å². The van der Waals surface area contributed by atoms with Gasteiger partial charge in [-0.2, -0.15) is 5.26 Å². The van der Waals surface area contributed by atoms with E-state index < -0.39 is 11.9 Å². The monoisotopic (exact) mass is 318 g/mol. The molecule has 0 saturated carbocycles. The van der Waals surface area contributed by atoms with Crippen LogP contribution in [0.4, 0.5) is 5.69 Å². The Hall–Kier alpha value is -2.22. The Morgan fingerprint density at radius 1 is 1.24 bits per heavy atom. The van der Waals surface area contributed by atoms with Crippen molar-refractivity contribution in [3.05, 3.63) is 57.6 Å². The topological polar surface area (TPSA) is 64.3 Å². The van der Waals surface area contributed by atoms with Gasteiger partial charge in [0.25, 0.3) is 5.91 Å². The summed E-state index contributed by atoms with van der Waals surface area (Å²) in [5.41, 5.74) is 1.18. The van der Waals surface area contributed by atoms with Crippen LogP contribution in [0.25, 0.3) is 0 Å². The molecule has 21 heavy (non-hydrogen) atoms. The number of rotatable bonds is 1. The molecule has 1 aliphatic heterocycles. The Morgan fingerprint density at radius 2 is 2.00 bits per heavy atom. The number of halogens is 2. The van der Waals surface area contributed by atoms with Crippen molar-refractivity contribution in [2.45, 2.75) is 6.04 Å². The average Bonchev–Trinajstić information content (AvgIpc) is 2.75. The van der Waals surface area contributed by atoms with E-state index in [4.69, 9.17) is 23.2 Å². The lowest BCUT2D eigenvalue weighted by molar-refractivity contribution is 0.0994. The first-order valence-corrected chi connectivity index (χ1v) is 6.80. The van der Waals surface area contributed by atoms with Gasteiger partial charge in [0.1, 0.15) is 5.75 Å². The highest BCUT2D eigenvalue weighted by Crippen LogP contribution is 2.42. The van der Waals surface area contributed by atoms with E-state index in [0.29, 0.717) is 11.3 Å². The number of benzene rings is 2. The SMILES string of the molecule is N#CC1c2ccc(Cl)c(Cl)c2C(=O)N1c1cccc(O)c1.